The van der Waals surface area contributed by atoms with E-state index in [0.29, 0.717) is 25.4 Å². The standard InChI is InChI=1S/C14H13ClF3NO5/c15-9-4-8(5-10-12(9)23-3-1-2-22-10)13(21)24-6-11(20)19-7-14(16,17)18/h4-5H,1-3,6-7H2,(H,19,20). The zero-order chi connectivity index (χ0) is 17.7. The van der Waals surface area contributed by atoms with Crippen LogP contribution in [0.1, 0.15) is 16.8 Å². The molecule has 132 valence electrons. The van der Waals surface area contributed by atoms with E-state index in [9.17, 15) is 22.8 Å². The van der Waals surface area contributed by atoms with Gasteiger partial charge in [-0.05, 0) is 12.1 Å². The molecule has 0 saturated carbocycles. The summed E-state index contributed by atoms with van der Waals surface area (Å²) in [7, 11) is 0. The molecule has 0 radical (unpaired) electrons. The van der Waals surface area contributed by atoms with Gasteiger partial charge in [-0.3, -0.25) is 4.79 Å². The molecule has 1 aliphatic heterocycles. The van der Waals surface area contributed by atoms with E-state index in [-0.39, 0.29) is 16.3 Å². The zero-order valence-corrected chi connectivity index (χ0v) is 13.0. The van der Waals surface area contributed by atoms with Crippen molar-refractivity contribution < 1.29 is 37.0 Å². The fourth-order valence-corrected chi connectivity index (χ4v) is 2.08. The number of nitrogens with one attached hydrogen (secondary N) is 1. The first-order valence-electron chi connectivity index (χ1n) is 6.86. The molecule has 0 atom stereocenters. The second kappa shape index (κ2) is 7.61. The minimum atomic E-state index is -4.54. The minimum Gasteiger partial charge on any atom is -0.489 e. The van der Waals surface area contributed by atoms with Crippen molar-refractivity contribution in [2.24, 2.45) is 0 Å². The highest BCUT2D eigenvalue weighted by molar-refractivity contribution is 6.32. The highest BCUT2D eigenvalue weighted by Gasteiger charge is 2.28. The third-order valence-corrected chi connectivity index (χ3v) is 3.14. The highest BCUT2D eigenvalue weighted by atomic mass is 35.5. The third-order valence-electron chi connectivity index (χ3n) is 2.86. The van der Waals surface area contributed by atoms with E-state index in [4.69, 9.17) is 21.1 Å². The minimum absolute atomic E-state index is 0.00660. The zero-order valence-electron chi connectivity index (χ0n) is 12.2. The van der Waals surface area contributed by atoms with Crippen molar-refractivity contribution in [3.05, 3.63) is 22.7 Å². The van der Waals surface area contributed by atoms with Crippen molar-refractivity contribution in [3.63, 3.8) is 0 Å². The molecular weight excluding hydrogens is 355 g/mol. The van der Waals surface area contributed by atoms with E-state index in [1.807, 2.05) is 0 Å². The Labute approximate surface area is 139 Å². The van der Waals surface area contributed by atoms with Gasteiger partial charge in [0.1, 0.15) is 6.54 Å². The molecular formula is C14H13ClF3NO5. The number of hydrogen-bond acceptors (Lipinski definition) is 5. The number of hydrogen-bond donors (Lipinski definition) is 1. The van der Waals surface area contributed by atoms with Gasteiger partial charge in [0.05, 0.1) is 23.8 Å². The summed E-state index contributed by atoms with van der Waals surface area (Å²) in [6, 6.07) is 2.60. The molecule has 6 nitrogen and oxygen atoms in total. The first-order valence-corrected chi connectivity index (χ1v) is 7.24. The monoisotopic (exact) mass is 367 g/mol. The summed E-state index contributed by atoms with van der Waals surface area (Å²) in [6.45, 7) is -1.56. The van der Waals surface area contributed by atoms with Gasteiger partial charge in [0.25, 0.3) is 5.91 Å². The second-order valence-electron chi connectivity index (χ2n) is 4.80. The number of carbonyl (C=O) groups is 2. The summed E-state index contributed by atoms with van der Waals surface area (Å²) in [5.41, 5.74) is -0.00660. The summed E-state index contributed by atoms with van der Waals surface area (Å²) < 4.78 is 51.3. The Bertz CT molecular complexity index is 636. The smallest absolute Gasteiger partial charge is 0.405 e. The number of alkyl halides is 3. The van der Waals surface area contributed by atoms with E-state index < -0.39 is 31.2 Å². The predicted octanol–water partition coefficient (Wildman–Crippen LogP) is 2.34. The van der Waals surface area contributed by atoms with E-state index >= 15 is 0 Å². The topological polar surface area (TPSA) is 73.9 Å². The molecule has 1 aromatic rings. The van der Waals surface area contributed by atoms with Crippen molar-refractivity contribution >= 4 is 23.5 Å². The van der Waals surface area contributed by atoms with Gasteiger partial charge < -0.3 is 19.5 Å². The third kappa shape index (κ3) is 5.19. The van der Waals surface area contributed by atoms with E-state index in [0.717, 1.165) is 0 Å². The van der Waals surface area contributed by atoms with Gasteiger partial charge in [-0.15, -0.1) is 0 Å². The largest absolute Gasteiger partial charge is 0.489 e. The molecule has 10 heteroatoms. The molecule has 0 aliphatic carbocycles. The molecule has 0 unspecified atom stereocenters. The number of amides is 1. The van der Waals surface area contributed by atoms with E-state index in [1.54, 1.807) is 5.32 Å². The van der Waals surface area contributed by atoms with Crippen LogP contribution >= 0.6 is 11.6 Å². The van der Waals surface area contributed by atoms with Crippen LogP contribution in [0.15, 0.2) is 12.1 Å². The fraction of sp³-hybridized carbons (Fsp3) is 0.429. The molecule has 1 amide bonds. The molecule has 1 aromatic carbocycles. The Morgan fingerprint density at radius 2 is 1.96 bits per heavy atom. The highest BCUT2D eigenvalue weighted by Crippen LogP contribution is 2.38. The maximum Gasteiger partial charge on any atom is 0.405 e. The average Bonchev–Trinajstić information content (AvgIpc) is 2.75. The Kier molecular flexibility index (Phi) is 5.76. The lowest BCUT2D eigenvalue weighted by Gasteiger charge is -2.12. The second-order valence-corrected chi connectivity index (χ2v) is 5.21. The fourth-order valence-electron chi connectivity index (χ4n) is 1.81. The number of fused-ring (bicyclic) bond motifs is 1. The molecule has 24 heavy (non-hydrogen) atoms. The summed E-state index contributed by atoms with van der Waals surface area (Å²) >= 11 is 6.01. The summed E-state index contributed by atoms with van der Waals surface area (Å²) in [4.78, 5) is 23.1. The Balaban J connectivity index is 1.96. The molecule has 1 N–H and O–H groups in total. The molecule has 0 spiro atoms. The Morgan fingerprint density at radius 3 is 2.67 bits per heavy atom. The molecule has 2 rings (SSSR count). The van der Waals surface area contributed by atoms with Crippen LogP contribution in [0.5, 0.6) is 11.5 Å². The number of esters is 1. The lowest BCUT2D eigenvalue weighted by atomic mass is 10.2. The Morgan fingerprint density at radius 1 is 1.25 bits per heavy atom. The first kappa shape index (κ1) is 18.2. The van der Waals surface area contributed by atoms with Crippen molar-refractivity contribution in [1.82, 2.24) is 5.32 Å². The van der Waals surface area contributed by atoms with Crippen molar-refractivity contribution in [2.75, 3.05) is 26.4 Å². The lowest BCUT2D eigenvalue weighted by molar-refractivity contribution is -0.140. The number of carbonyl (C=O) groups excluding carboxylic acids is 2. The van der Waals surface area contributed by atoms with E-state index in [1.165, 1.54) is 12.1 Å². The SMILES string of the molecule is O=C(COC(=O)c1cc(Cl)c2c(c1)OCCCO2)NCC(F)(F)F. The molecule has 0 saturated heterocycles. The summed E-state index contributed by atoms with van der Waals surface area (Å²) in [5.74, 6) is -1.43. The molecule has 1 aliphatic rings. The molecule has 0 bridgehead atoms. The van der Waals surface area contributed by atoms with Crippen LogP contribution in [0.2, 0.25) is 5.02 Å². The summed E-state index contributed by atoms with van der Waals surface area (Å²) in [6.07, 6.45) is -3.90. The number of rotatable bonds is 4. The maximum absolute atomic E-state index is 12.0. The van der Waals surface area contributed by atoms with Gasteiger partial charge in [0, 0.05) is 6.42 Å². The Hall–Kier alpha value is -2.16. The van der Waals surface area contributed by atoms with Gasteiger partial charge in [0.15, 0.2) is 18.1 Å². The first-order chi connectivity index (χ1) is 11.3. The number of halogens is 4. The predicted molar refractivity (Wildman–Crippen MR) is 76.4 cm³/mol. The normalized spacial score (nSPS) is 13.8. The van der Waals surface area contributed by atoms with Gasteiger partial charge in [-0.25, -0.2) is 4.79 Å². The van der Waals surface area contributed by atoms with Crippen LogP contribution < -0.4 is 14.8 Å². The van der Waals surface area contributed by atoms with Gasteiger partial charge >= 0.3 is 12.1 Å². The molecule has 0 fully saturated rings. The average molecular weight is 368 g/mol. The van der Waals surface area contributed by atoms with Crippen LogP contribution in [0, 0.1) is 0 Å². The van der Waals surface area contributed by atoms with Gasteiger partial charge in [-0.1, -0.05) is 11.6 Å². The lowest BCUT2D eigenvalue weighted by Crippen LogP contribution is -2.36. The van der Waals surface area contributed by atoms with Crippen LogP contribution in [-0.4, -0.2) is 44.4 Å². The van der Waals surface area contributed by atoms with Crippen molar-refractivity contribution in [2.45, 2.75) is 12.6 Å². The van der Waals surface area contributed by atoms with Crippen molar-refractivity contribution in [3.8, 4) is 11.5 Å². The van der Waals surface area contributed by atoms with Crippen LogP contribution in [0.3, 0.4) is 0 Å². The number of ether oxygens (including phenoxy) is 3. The van der Waals surface area contributed by atoms with Gasteiger partial charge in [0.2, 0.25) is 0 Å². The van der Waals surface area contributed by atoms with E-state index in [2.05, 4.69) is 4.74 Å². The van der Waals surface area contributed by atoms with Crippen LogP contribution in [0.4, 0.5) is 13.2 Å². The quantitative estimate of drug-likeness (QED) is 0.827. The molecule has 1 heterocycles. The van der Waals surface area contributed by atoms with Crippen molar-refractivity contribution in [1.29, 1.82) is 0 Å². The number of benzene rings is 1. The van der Waals surface area contributed by atoms with Gasteiger partial charge in [-0.2, -0.15) is 13.2 Å². The summed E-state index contributed by atoms with van der Waals surface area (Å²) in [5, 5.41) is 1.71. The maximum atomic E-state index is 12.0. The van der Waals surface area contributed by atoms with Crippen LogP contribution in [0.25, 0.3) is 0 Å². The van der Waals surface area contributed by atoms with Crippen LogP contribution in [-0.2, 0) is 9.53 Å². The molecule has 0 aromatic heterocycles.